The van der Waals surface area contributed by atoms with Gasteiger partial charge in [0.15, 0.2) is 6.61 Å². The standard InChI is InChI=1S/C21H27BF4N2O5/c1-12-6-7-13(22-32-19(2,3)20(4,5)33-22)8-14(12)17(29)27-16-10-28(9-15(16)23)18(30)31-11-21(24,25)26/h6-8,15-16H,9-11H2,1-5H3,(H,27,29)/t15-,16+/m0/s1. The highest BCUT2D eigenvalue weighted by molar-refractivity contribution is 6.62. The van der Waals surface area contributed by atoms with Crippen molar-refractivity contribution in [3.63, 3.8) is 0 Å². The molecule has 2 amide bonds. The van der Waals surface area contributed by atoms with E-state index in [4.69, 9.17) is 9.31 Å². The summed E-state index contributed by atoms with van der Waals surface area (Å²) in [5.74, 6) is -0.580. The van der Waals surface area contributed by atoms with Gasteiger partial charge in [0.2, 0.25) is 0 Å². The first-order valence-electron chi connectivity index (χ1n) is 10.5. The molecule has 0 unspecified atom stereocenters. The molecule has 2 aliphatic rings. The Morgan fingerprint density at radius 1 is 1.18 bits per heavy atom. The fourth-order valence-corrected chi connectivity index (χ4v) is 3.54. The summed E-state index contributed by atoms with van der Waals surface area (Å²) in [4.78, 5) is 25.5. The van der Waals surface area contributed by atoms with Gasteiger partial charge in [0.1, 0.15) is 6.17 Å². The van der Waals surface area contributed by atoms with Crippen molar-refractivity contribution in [2.75, 3.05) is 19.7 Å². The number of likely N-dealkylation sites (tertiary alicyclic amines) is 1. The van der Waals surface area contributed by atoms with Crippen LogP contribution < -0.4 is 10.8 Å². The van der Waals surface area contributed by atoms with Crippen molar-refractivity contribution < 1.29 is 41.2 Å². The van der Waals surface area contributed by atoms with Crippen LogP contribution in [0, 0.1) is 6.92 Å². The fraction of sp³-hybridized carbons (Fsp3) is 0.619. The minimum atomic E-state index is -4.68. The van der Waals surface area contributed by atoms with Crippen molar-refractivity contribution in [1.29, 1.82) is 0 Å². The zero-order valence-electron chi connectivity index (χ0n) is 19.1. The third-order valence-electron chi connectivity index (χ3n) is 6.21. The monoisotopic (exact) mass is 474 g/mol. The lowest BCUT2D eigenvalue weighted by Crippen LogP contribution is -2.43. The molecule has 2 atom stereocenters. The van der Waals surface area contributed by atoms with E-state index in [0.717, 1.165) is 4.90 Å². The summed E-state index contributed by atoms with van der Waals surface area (Å²) >= 11 is 0. The molecule has 3 rings (SSSR count). The predicted octanol–water partition coefficient (Wildman–Crippen LogP) is 2.75. The lowest BCUT2D eigenvalue weighted by molar-refractivity contribution is -0.162. The van der Waals surface area contributed by atoms with Gasteiger partial charge in [0.25, 0.3) is 5.91 Å². The number of halogens is 4. The van der Waals surface area contributed by atoms with E-state index >= 15 is 0 Å². The van der Waals surface area contributed by atoms with Crippen molar-refractivity contribution in [1.82, 2.24) is 10.2 Å². The Morgan fingerprint density at radius 3 is 2.36 bits per heavy atom. The average Bonchev–Trinajstić information content (AvgIpc) is 3.15. The maximum atomic E-state index is 14.4. The van der Waals surface area contributed by atoms with E-state index in [2.05, 4.69) is 10.1 Å². The second-order valence-corrected chi connectivity index (χ2v) is 9.33. The van der Waals surface area contributed by atoms with Crippen LogP contribution in [0.5, 0.6) is 0 Å². The van der Waals surface area contributed by atoms with E-state index in [9.17, 15) is 27.2 Å². The summed E-state index contributed by atoms with van der Waals surface area (Å²) in [6.07, 6.45) is -7.62. The molecule has 0 radical (unpaired) electrons. The number of rotatable bonds is 4. The number of hydrogen-bond donors (Lipinski definition) is 1. The van der Waals surface area contributed by atoms with E-state index in [1.165, 1.54) is 0 Å². The lowest BCUT2D eigenvalue weighted by atomic mass is 9.77. The van der Waals surface area contributed by atoms with Crippen LogP contribution in [0.25, 0.3) is 0 Å². The van der Waals surface area contributed by atoms with Gasteiger partial charge in [-0.2, -0.15) is 13.2 Å². The molecular formula is C21H27BF4N2O5. The molecule has 1 aromatic carbocycles. The number of carbonyl (C=O) groups is 2. The van der Waals surface area contributed by atoms with Gasteiger partial charge in [-0.05, 0) is 51.7 Å². The van der Waals surface area contributed by atoms with Gasteiger partial charge in [-0.25, -0.2) is 9.18 Å². The number of alkyl halides is 4. The maximum Gasteiger partial charge on any atom is 0.494 e. The molecule has 33 heavy (non-hydrogen) atoms. The number of nitrogens with one attached hydrogen (secondary N) is 1. The van der Waals surface area contributed by atoms with Crippen LogP contribution in [0.3, 0.4) is 0 Å². The maximum absolute atomic E-state index is 14.4. The molecule has 12 heteroatoms. The number of nitrogens with zero attached hydrogens (tertiary/aromatic N) is 1. The van der Waals surface area contributed by atoms with Gasteiger partial charge in [-0.1, -0.05) is 12.1 Å². The van der Waals surface area contributed by atoms with Crippen LogP contribution in [0.4, 0.5) is 22.4 Å². The van der Waals surface area contributed by atoms with Crippen LogP contribution in [0.2, 0.25) is 0 Å². The zero-order chi connectivity index (χ0) is 24.8. The molecule has 2 aliphatic heterocycles. The van der Waals surface area contributed by atoms with Crippen LogP contribution in [-0.2, 0) is 14.0 Å². The van der Waals surface area contributed by atoms with E-state index in [0.29, 0.717) is 11.0 Å². The Kier molecular flexibility index (Phi) is 6.74. The number of benzene rings is 1. The van der Waals surface area contributed by atoms with Gasteiger partial charge in [-0.15, -0.1) is 0 Å². The molecule has 2 saturated heterocycles. The number of hydrogen-bond acceptors (Lipinski definition) is 5. The molecule has 2 fully saturated rings. The summed E-state index contributed by atoms with van der Waals surface area (Å²) in [5, 5.41) is 2.53. The summed E-state index contributed by atoms with van der Waals surface area (Å²) in [7, 11) is -0.693. The van der Waals surface area contributed by atoms with Gasteiger partial charge in [0.05, 0.1) is 23.8 Å². The van der Waals surface area contributed by atoms with Crippen molar-refractivity contribution in [2.45, 2.75) is 64.2 Å². The molecule has 0 aliphatic carbocycles. The summed E-state index contributed by atoms with van der Waals surface area (Å²) < 4.78 is 67.3. The quantitative estimate of drug-likeness (QED) is 0.537. The molecule has 1 N–H and O–H groups in total. The summed E-state index contributed by atoms with van der Waals surface area (Å²) in [6.45, 7) is 6.79. The smallest absolute Gasteiger partial charge is 0.440 e. The van der Waals surface area contributed by atoms with E-state index < -0.39 is 61.9 Å². The van der Waals surface area contributed by atoms with Crippen LogP contribution in [0.15, 0.2) is 18.2 Å². The van der Waals surface area contributed by atoms with Gasteiger partial charge in [-0.3, -0.25) is 4.79 Å². The predicted molar refractivity (Wildman–Crippen MR) is 112 cm³/mol. The summed E-state index contributed by atoms with van der Waals surface area (Å²) in [5.41, 5.74) is 0.376. The first-order chi connectivity index (χ1) is 15.1. The topological polar surface area (TPSA) is 77.1 Å². The third-order valence-corrected chi connectivity index (χ3v) is 6.21. The Hall–Kier alpha value is -2.34. The SMILES string of the molecule is Cc1ccc(B2OC(C)(C)C(C)(C)O2)cc1C(=O)N[C@@H]1CN(C(=O)OCC(F)(F)F)C[C@@H]1F. The highest BCUT2D eigenvalue weighted by Crippen LogP contribution is 2.36. The first kappa shape index (κ1) is 25.3. The Morgan fingerprint density at radius 2 is 1.79 bits per heavy atom. The second kappa shape index (κ2) is 8.79. The molecule has 2 heterocycles. The van der Waals surface area contributed by atoms with Crippen molar-refractivity contribution in [3.8, 4) is 0 Å². The highest BCUT2D eigenvalue weighted by Gasteiger charge is 2.51. The fourth-order valence-electron chi connectivity index (χ4n) is 3.54. The van der Waals surface area contributed by atoms with Crippen LogP contribution in [0.1, 0.15) is 43.6 Å². The highest BCUT2D eigenvalue weighted by atomic mass is 19.4. The molecule has 0 spiro atoms. The van der Waals surface area contributed by atoms with E-state index in [1.54, 1.807) is 25.1 Å². The average molecular weight is 474 g/mol. The minimum Gasteiger partial charge on any atom is -0.440 e. The van der Waals surface area contributed by atoms with Crippen LogP contribution >= 0.6 is 0 Å². The lowest BCUT2D eigenvalue weighted by Gasteiger charge is -2.32. The molecule has 0 bridgehead atoms. The van der Waals surface area contributed by atoms with Crippen molar-refractivity contribution in [3.05, 3.63) is 29.3 Å². The Bertz CT molecular complexity index is 908. The number of aryl methyl sites for hydroxylation is 1. The van der Waals surface area contributed by atoms with Gasteiger partial charge in [0, 0.05) is 12.1 Å². The number of carbonyl (C=O) groups excluding carboxylic acids is 2. The van der Waals surface area contributed by atoms with Gasteiger partial charge >= 0.3 is 19.4 Å². The Balaban J connectivity index is 1.67. The third kappa shape index (κ3) is 5.60. The largest absolute Gasteiger partial charge is 0.494 e. The number of amides is 2. The van der Waals surface area contributed by atoms with E-state index in [1.807, 2.05) is 27.7 Å². The Labute approximate surface area is 189 Å². The first-order valence-corrected chi connectivity index (χ1v) is 10.5. The molecule has 1 aromatic rings. The van der Waals surface area contributed by atoms with E-state index in [-0.39, 0.29) is 12.1 Å². The molecule has 0 saturated carbocycles. The van der Waals surface area contributed by atoms with Crippen molar-refractivity contribution >= 4 is 24.6 Å². The molecule has 182 valence electrons. The van der Waals surface area contributed by atoms with Crippen LogP contribution in [-0.4, -0.2) is 73.3 Å². The molecule has 0 aromatic heterocycles. The minimum absolute atomic E-state index is 0.271. The van der Waals surface area contributed by atoms with Gasteiger partial charge < -0.3 is 24.3 Å². The summed E-state index contributed by atoms with van der Waals surface area (Å²) in [6, 6.07) is 4.01. The van der Waals surface area contributed by atoms with Crippen molar-refractivity contribution in [2.24, 2.45) is 0 Å². The normalized spacial score (nSPS) is 24.2. The second-order valence-electron chi connectivity index (χ2n) is 9.33. The zero-order valence-corrected chi connectivity index (χ0v) is 19.1. The molecule has 7 nitrogen and oxygen atoms in total. The molecular weight excluding hydrogens is 447 g/mol. The number of ether oxygens (including phenoxy) is 1.